The molecule has 6 heteroatoms. The molecule has 89 valence electrons. The molecule has 2 N–H and O–H groups in total. The first-order valence-electron chi connectivity index (χ1n) is 5.91. The molecule has 0 unspecified atom stereocenters. The molecule has 0 aromatic rings. The summed E-state index contributed by atoms with van der Waals surface area (Å²) in [4.78, 5) is 0. The summed E-state index contributed by atoms with van der Waals surface area (Å²) in [7, 11) is -3.06. The molecule has 5 nitrogen and oxygen atoms in total. The summed E-state index contributed by atoms with van der Waals surface area (Å²) >= 11 is 0. The zero-order valence-corrected chi connectivity index (χ0v) is 10.1. The van der Waals surface area contributed by atoms with Crippen LogP contribution in [0.4, 0.5) is 0 Å². The molecule has 0 radical (unpaired) electrons. The van der Waals surface area contributed by atoms with Crippen LogP contribution in [0.2, 0.25) is 6.04 Å². The minimum absolute atomic E-state index is 0.694. The van der Waals surface area contributed by atoms with Crippen LogP contribution in [0.1, 0.15) is 6.42 Å². The summed E-state index contributed by atoms with van der Waals surface area (Å²) in [6, 6.07) is 0.913. The minimum atomic E-state index is -3.06. The van der Waals surface area contributed by atoms with Crippen molar-refractivity contribution < 1.29 is 17.4 Å². The Kier molecular flexibility index (Phi) is 2.06. The van der Waals surface area contributed by atoms with E-state index in [0.29, 0.717) is 6.54 Å². The molecule has 3 aliphatic rings. The van der Waals surface area contributed by atoms with Crippen molar-refractivity contribution in [3.8, 4) is 0 Å². The molecule has 0 aliphatic carbocycles. The van der Waals surface area contributed by atoms with Gasteiger partial charge in [-0.25, -0.2) is 0 Å². The number of nitrogens with two attached hydrogens (primary N) is 1. The van der Waals surface area contributed by atoms with Gasteiger partial charge in [0.15, 0.2) is 0 Å². The molecule has 3 heterocycles. The average molecular weight is 232 g/mol. The van der Waals surface area contributed by atoms with E-state index in [9.17, 15) is 0 Å². The van der Waals surface area contributed by atoms with Gasteiger partial charge in [0.05, 0.1) is 0 Å². The molecule has 3 aliphatic heterocycles. The molecule has 0 aromatic heterocycles. The summed E-state index contributed by atoms with van der Waals surface area (Å²) in [5, 5.41) is 0. The van der Waals surface area contributed by atoms with Crippen molar-refractivity contribution >= 4 is 8.24 Å². The zero-order chi connectivity index (χ0) is 10.4. The molecular weight excluding hydrogens is 212 g/mol. The van der Waals surface area contributed by atoms with E-state index in [0.717, 1.165) is 56.1 Å². The van der Waals surface area contributed by atoms with Crippen molar-refractivity contribution in [2.24, 2.45) is 5.73 Å². The Hall–Kier alpha value is 0.0169. The van der Waals surface area contributed by atoms with E-state index in [1.54, 1.807) is 0 Å². The Labute approximate surface area is 90.5 Å². The van der Waals surface area contributed by atoms with E-state index < -0.39 is 8.24 Å². The zero-order valence-electron chi connectivity index (χ0n) is 9.11. The number of hydrogen-bond acceptors (Lipinski definition) is 4. The van der Waals surface area contributed by atoms with Gasteiger partial charge in [0.1, 0.15) is 0 Å². The molecule has 0 saturated carbocycles. The molecule has 0 amide bonds. The Balaban J connectivity index is 1.98. The van der Waals surface area contributed by atoms with Crippen LogP contribution in [0.5, 0.6) is 0 Å². The van der Waals surface area contributed by atoms with E-state index in [4.69, 9.17) is 19.0 Å². The van der Waals surface area contributed by atoms with E-state index in [2.05, 4.69) is 0 Å². The fraction of sp³-hybridized carbons (Fsp3) is 1.00. The summed E-state index contributed by atoms with van der Waals surface area (Å²) in [6.45, 7) is 6.35. The molecule has 0 bridgehead atoms. The Morgan fingerprint density at radius 1 is 1.00 bits per heavy atom. The number of quaternary nitrogens is 1. The van der Waals surface area contributed by atoms with Gasteiger partial charge < -0.3 is 0 Å². The van der Waals surface area contributed by atoms with Crippen molar-refractivity contribution in [1.82, 2.24) is 0 Å². The van der Waals surface area contributed by atoms with Crippen LogP contribution in [0.3, 0.4) is 0 Å². The normalized spacial score (nSPS) is 43.1. The van der Waals surface area contributed by atoms with Gasteiger partial charge in [-0.05, 0) is 0 Å². The first-order chi connectivity index (χ1) is 7.26. The van der Waals surface area contributed by atoms with E-state index in [-0.39, 0.29) is 0 Å². The van der Waals surface area contributed by atoms with Crippen molar-refractivity contribution in [3.05, 3.63) is 0 Å². The molecule has 3 rings (SSSR count). The Morgan fingerprint density at radius 2 is 1.53 bits per heavy atom. The monoisotopic (exact) mass is 232 g/mol. The van der Waals surface area contributed by atoms with Crippen LogP contribution in [-0.2, 0) is 13.3 Å². The predicted molar refractivity (Wildman–Crippen MR) is 56.9 cm³/mol. The van der Waals surface area contributed by atoms with Crippen LogP contribution in [-0.4, -0.2) is 58.4 Å². The molecule has 3 fully saturated rings. The van der Waals surface area contributed by atoms with Crippen molar-refractivity contribution in [3.63, 3.8) is 0 Å². The van der Waals surface area contributed by atoms with Crippen LogP contribution in [0, 0.1) is 0 Å². The third kappa shape index (κ3) is 0.999. The van der Waals surface area contributed by atoms with Gasteiger partial charge in [-0.15, -0.1) is 0 Å². The second kappa shape index (κ2) is 3.03. The second-order valence-electron chi connectivity index (χ2n) is 4.87. The SMILES string of the molecule is NCCC[Si-2]123OCC[N+]1(CCO2)CCO3. The maximum atomic E-state index is 6.09. The van der Waals surface area contributed by atoms with Gasteiger partial charge in [0, 0.05) is 0 Å². The Morgan fingerprint density at radius 3 is 2.00 bits per heavy atom. The molecule has 15 heavy (non-hydrogen) atoms. The molecular formula is C9H20N2O3Si-. The molecule has 0 aromatic carbocycles. The molecule has 0 spiro atoms. The maximum absolute atomic E-state index is 6.09. The van der Waals surface area contributed by atoms with Crippen LogP contribution in [0.15, 0.2) is 0 Å². The van der Waals surface area contributed by atoms with Crippen molar-refractivity contribution in [1.29, 1.82) is 0 Å². The summed E-state index contributed by atoms with van der Waals surface area (Å²) in [5.74, 6) is 0. The fourth-order valence-corrected chi connectivity index (χ4v) is 9.46. The van der Waals surface area contributed by atoms with Gasteiger partial charge in [0.25, 0.3) is 0 Å². The van der Waals surface area contributed by atoms with Crippen molar-refractivity contribution in [2.45, 2.75) is 12.5 Å². The fourth-order valence-electron chi connectivity index (χ4n) is 3.64. The third-order valence-corrected chi connectivity index (χ3v) is 10.4. The molecule has 3 saturated heterocycles. The first-order valence-corrected chi connectivity index (χ1v) is 8.29. The van der Waals surface area contributed by atoms with Gasteiger partial charge in [-0.3, -0.25) is 0 Å². The summed E-state index contributed by atoms with van der Waals surface area (Å²) < 4.78 is 19.3. The van der Waals surface area contributed by atoms with Gasteiger partial charge >= 0.3 is 89.9 Å². The van der Waals surface area contributed by atoms with E-state index in [1.807, 2.05) is 0 Å². The Bertz CT molecular complexity index is 254. The predicted octanol–water partition coefficient (Wildman–Crippen LogP) is -0.368. The average Bonchev–Trinajstić information content (AvgIpc) is 2.73. The molecule has 0 atom stereocenters. The topological polar surface area (TPSA) is 53.7 Å². The van der Waals surface area contributed by atoms with Gasteiger partial charge in [-0.2, -0.15) is 0 Å². The first kappa shape index (κ1) is 10.2. The number of hydrogen-bond donors (Lipinski definition) is 1. The van der Waals surface area contributed by atoms with Crippen LogP contribution < -0.4 is 5.73 Å². The standard InChI is InChI=1S/C9H20N2O3Si/c10-2-1-9-15-11(3-6-12-15,4-7-13-15)5-8-14-15/h1-10H2/q-1. The van der Waals surface area contributed by atoms with Crippen molar-refractivity contribution in [2.75, 3.05) is 46.0 Å². The second-order valence-corrected chi connectivity index (χ2v) is 9.41. The van der Waals surface area contributed by atoms with Gasteiger partial charge in [0.2, 0.25) is 0 Å². The van der Waals surface area contributed by atoms with Crippen LogP contribution in [0.25, 0.3) is 0 Å². The number of nitrogens with zero attached hydrogens (tertiary/aromatic N) is 1. The van der Waals surface area contributed by atoms with E-state index >= 15 is 0 Å². The summed E-state index contributed by atoms with van der Waals surface area (Å²) in [6.07, 6.45) is 0.952. The third-order valence-electron chi connectivity index (χ3n) is 4.43. The quantitative estimate of drug-likeness (QED) is 0.675. The van der Waals surface area contributed by atoms with E-state index in [1.165, 1.54) is 0 Å². The van der Waals surface area contributed by atoms with Gasteiger partial charge in [-0.1, -0.05) is 0 Å². The number of rotatable bonds is 3. The van der Waals surface area contributed by atoms with Crippen LogP contribution >= 0.6 is 0 Å². The summed E-state index contributed by atoms with van der Waals surface area (Å²) in [5.41, 5.74) is 5.61.